The second-order valence-corrected chi connectivity index (χ2v) is 4.94. The van der Waals surface area contributed by atoms with E-state index in [0.29, 0.717) is 12.1 Å². The van der Waals surface area contributed by atoms with Crippen molar-refractivity contribution in [2.75, 3.05) is 6.54 Å². The van der Waals surface area contributed by atoms with Gasteiger partial charge in [-0.25, -0.2) is 8.78 Å². The second-order valence-electron chi connectivity index (χ2n) is 4.94. The van der Waals surface area contributed by atoms with Crippen molar-refractivity contribution in [1.29, 1.82) is 0 Å². The molecule has 0 aliphatic carbocycles. The number of rotatable bonds is 4. The Balaban J connectivity index is 2.07. The van der Waals surface area contributed by atoms with Crippen LogP contribution in [0.4, 0.5) is 22.0 Å². The number of amides is 1. The van der Waals surface area contributed by atoms with Crippen LogP contribution in [0, 0.1) is 11.6 Å². The van der Waals surface area contributed by atoms with Gasteiger partial charge >= 0.3 is 6.18 Å². The van der Waals surface area contributed by atoms with Crippen LogP contribution in [-0.2, 0) is 12.6 Å². The average Bonchev–Trinajstić information content (AvgIpc) is 2.45. The third-order valence-corrected chi connectivity index (χ3v) is 3.26. The van der Waals surface area contributed by atoms with E-state index in [-0.39, 0.29) is 18.5 Å². The zero-order chi connectivity index (χ0) is 17.9. The molecule has 3 nitrogen and oxygen atoms in total. The van der Waals surface area contributed by atoms with Crippen molar-refractivity contribution in [3.05, 3.63) is 64.7 Å². The largest absolute Gasteiger partial charge is 0.507 e. The fraction of sp³-hybridized carbons (Fsp3) is 0.188. The molecule has 0 unspecified atom stereocenters. The number of phenols is 1. The third kappa shape index (κ3) is 4.01. The lowest BCUT2D eigenvalue weighted by molar-refractivity contribution is -0.138. The lowest BCUT2D eigenvalue weighted by atomic mass is 10.0. The summed E-state index contributed by atoms with van der Waals surface area (Å²) in [7, 11) is 0. The molecule has 2 aromatic carbocycles. The van der Waals surface area contributed by atoms with Crippen LogP contribution in [-0.4, -0.2) is 17.6 Å². The number of halogens is 5. The number of nitrogens with one attached hydrogen (secondary N) is 1. The van der Waals surface area contributed by atoms with Gasteiger partial charge in [-0.2, -0.15) is 13.2 Å². The van der Waals surface area contributed by atoms with Gasteiger partial charge in [-0.15, -0.1) is 0 Å². The van der Waals surface area contributed by atoms with Gasteiger partial charge < -0.3 is 10.4 Å². The van der Waals surface area contributed by atoms with Crippen molar-refractivity contribution >= 4 is 5.91 Å². The Bertz CT molecular complexity index is 735. The number of alkyl halides is 3. The van der Waals surface area contributed by atoms with Crippen LogP contribution in [0.15, 0.2) is 36.4 Å². The summed E-state index contributed by atoms with van der Waals surface area (Å²) in [6, 6.07) is 5.85. The zero-order valence-electron chi connectivity index (χ0n) is 12.1. The van der Waals surface area contributed by atoms with E-state index in [1.165, 1.54) is 18.2 Å². The molecule has 0 spiro atoms. The number of hydrogen-bond donors (Lipinski definition) is 2. The standard InChI is InChI=1S/C16H12F5NO2/c17-10-7-12(18)14(13(23)8-10)15(24)22-6-5-9-3-1-2-4-11(9)16(19,20)21/h1-4,7-8,23H,5-6H2,(H,22,24). The summed E-state index contributed by atoms with van der Waals surface area (Å²) in [6.45, 7) is -0.220. The molecular weight excluding hydrogens is 333 g/mol. The molecule has 0 fully saturated rings. The fourth-order valence-electron chi connectivity index (χ4n) is 2.20. The number of carbonyl (C=O) groups excluding carboxylic acids is 1. The van der Waals surface area contributed by atoms with Crippen LogP contribution in [0.1, 0.15) is 21.5 Å². The highest BCUT2D eigenvalue weighted by Crippen LogP contribution is 2.32. The van der Waals surface area contributed by atoms with Gasteiger partial charge in [0.2, 0.25) is 0 Å². The van der Waals surface area contributed by atoms with Crippen molar-refractivity contribution in [2.24, 2.45) is 0 Å². The lowest BCUT2D eigenvalue weighted by Gasteiger charge is -2.13. The van der Waals surface area contributed by atoms with Crippen LogP contribution >= 0.6 is 0 Å². The quantitative estimate of drug-likeness (QED) is 0.831. The normalized spacial score (nSPS) is 11.4. The number of hydrogen-bond acceptors (Lipinski definition) is 2. The smallest absolute Gasteiger partial charge is 0.416 e. The molecule has 0 heterocycles. The van der Waals surface area contributed by atoms with Crippen molar-refractivity contribution in [1.82, 2.24) is 5.32 Å². The van der Waals surface area contributed by atoms with E-state index in [4.69, 9.17) is 0 Å². The molecule has 24 heavy (non-hydrogen) atoms. The highest BCUT2D eigenvalue weighted by molar-refractivity contribution is 5.97. The minimum Gasteiger partial charge on any atom is -0.507 e. The zero-order valence-corrected chi connectivity index (χ0v) is 12.1. The third-order valence-electron chi connectivity index (χ3n) is 3.26. The van der Waals surface area contributed by atoms with Gasteiger partial charge in [0.15, 0.2) is 0 Å². The summed E-state index contributed by atoms with van der Waals surface area (Å²) in [6.07, 6.45) is -4.67. The topological polar surface area (TPSA) is 49.3 Å². The van der Waals surface area contributed by atoms with E-state index in [1.54, 1.807) is 0 Å². The fourth-order valence-corrected chi connectivity index (χ4v) is 2.20. The highest BCUT2D eigenvalue weighted by atomic mass is 19.4. The summed E-state index contributed by atoms with van der Waals surface area (Å²) in [4.78, 5) is 11.8. The molecule has 0 aliphatic heterocycles. The van der Waals surface area contributed by atoms with Crippen LogP contribution < -0.4 is 5.32 Å². The predicted molar refractivity (Wildman–Crippen MR) is 75.5 cm³/mol. The number of carbonyl (C=O) groups is 1. The van der Waals surface area contributed by atoms with E-state index in [2.05, 4.69) is 5.32 Å². The second kappa shape index (κ2) is 6.86. The van der Waals surface area contributed by atoms with Crippen molar-refractivity contribution in [3.63, 3.8) is 0 Å². The monoisotopic (exact) mass is 345 g/mol. The Kier molecular flexibility index (Phi) is 5.06. The minimum atomic E-state index is -4.53. The maximum absolute atomic E-state index is 13.5. The Labute approximate surface area is 133 Å². The van der Waals surface area contributed by atoms with Crippen molar-refractivity contribution in [3.8, 4) is 5.75 Å². The molecule has 2 N–H and O–H groups in total. The van der Waals surface area contributed by atoms with Crippen molar-refractivity contribution in [2.45, 2.75) is 12.6 Å². The molecule has 0 radical (unpaired) electrons. The summed E-state index contributed by atoms with van der Waals surface area (Å²) in [5, 5.41) is 11.6. The molecule has 2 rings (SSSR count). The Morgan fingerprint density at radius 1 is 1.12 bits per heavy atom. The van der Waals surface area contributed by atoms with Gasteiger partial charge in [0.1, 0.15) is 22.9 Å². The molecule has 0 aliphatic rings. The van der Waals surface area contributed by atoms with E-state index in [9.17, 15) is 31.9 Å². The molecule has 1 amide bonds. The molecule has 0 bridgehead atoms. The number of aromatic hydroxyl groups is 1. The van der Waals surface area contributed by atoms with E-state index >= 15 is 0 Å². The van der Waals surface area contributed by atoms with E-state index in [1.807, 2.05) is 0 Å². The first-order chi connectivity index (χ1) is 11.2. The molecule has 8 heteroatoms. The van der Waals surface area contributed by atoms with Gasteiger partial charge in [0.05, 0.1) is 5.56 Å². The molecule has 0 aromatic heterocycles. The SMILES string of the molecule is O=C(NCCc1ccccc1C(F)(F)F)c1c(O)cc(F)cc1F. The van der Waals surface area contributed by atoms with E-state index in [0.717, 1.165) is 6.07 Å². The maximum atomic E-state index is 13.5. The summed E-state index contributed by atoms with van der Waals surface area (Å²) >= 11 is 0. The predicted octanol–water partition coefficient (Wildman–Crippen LogP) is 3.66. The van der Waals surface area contributed by atoms with Crippen molar-refractivity contribution < 1.29 is 31.9 Å². The van der Waals surface area contributed by atoms with Crippen LogP contribution in [0.25, 0.3) is 0 Å². The number of benzene rings is 2. The summed E-state index contributed by atoms with van der Waals surface area (Å²) in [5.74, 6) is -4.25. The molecule has 0 saturated heterocycles. The molecule has 0 atom stereocenters. The molecule has 128 valence electrons. The van der Waals surface area contributed by atoms with Crippen LogP contribution in [0.5, 0.6) is 5.75 Å². The molecule has 0 saturated carbocycles. The summed E-state index contributed by atoms with van der Waals surface area (Å²) < 4.78 is 64.9. The first kappa shape index (κ1) is 17.7. The average molecular weight is 345 g/mol. The van der Waals surface area contributed by atoms with Crippen LogP contribution in [0.2, 0.25) is 0 Å². The highest BCUT2D eigenvalue weighted by Gasteiger charge is 2.32. The maximum Gasteiger partial charge on any atom is 0.416 e. The van der Waals surface area contributed by atoms with E-state index < -0.39 is 40.6 Å². The van der Waals surface area contributed by atoms with Gasteiger partial charge in [-0.05, 0) is 18.1 Å². The molecule has 2 aromatic rings. The van der Waals surface area contributed by atoms with Gasteiger partial charge in [0, 0.05) is 18.7 Å². The van der Waals surface area contributed by atoms with Gasteiger partial charge in [0.25, 0.3) is 5.91 Å². The Morgan fingerprint density at radius 2 is 1.79 bits per heavy atom. The Hall–Kier alpha value is -2.64. The number of phenolic OH excluding ortho intramolecular Hbond substituents is 1. The first-order valence-electron chi connectivity index (χ1n) is 6.81. The Morgan fingerprint density at radius 3 is 2.42 bits per heavy atom. The van der Waals surface area contributed by atoms with Gasteiger partial charge in [-0.3, -0.25) is 4.79 Å². The molecular formula is C16H12F5NO2. The minimum absolute atomic E-state index is 0.0332. The summed E-state index contributed by atoms with van der Waals surface area (Å²) in [5.41, 5.74) is -1.62. The first-order valence-corrected chi connectivity index (χ1v) is 6.81. The van der Waals surface area contributed by atoms with Gasteiger partial charge in [-0.1, -0.05) is 18.2 Å². The lowest BCUT2D eigenvalue weighted by Crippen LogP contribution is -2.27. The van der Waals surface area contributed by atoms with Crippen LogP contribution in [0.3, 0.4) is 0 Å².